The van der Waals surface area contributed by atoms with Crippen molar-refractivity contribution >= 4 is 11.6 Å². The number of hydrogen-bond donors (Lipinski definition) is 0. The smallest absolute Gasteiger partial charge is 0.249 e. The number of benzene rings is 2. The van der Waals surface area contributed by atoms with Crippen molar-refractivity contribution in [3.63, 3.8) is 0 Å². The highest BCUT2D eigenvalue weighted by Gasteiger charge is 2.36. The second-order valence-corrected chi connectivity index (χ2v) is 7.93. The van der Waals surface area contributed by atoms with E-state index in [0.29, 0.717) is 6.04 Å². The van der Waals surface area contributed by atoms with Crippen LogP contribution in [0, 0.1) is 0 Å². The number of likely N-dealkylation sites (tertiary alicyclic amines) is 1. The van der Waals surface area contributed by atoms with E-state index in [-0.39, 0.29) is 11.9 Å². The number of carbonyl (C=O) groups is 1. The predicted octanol–water partition coefficient (Wildman–Crippen LogP) is 3.34. The molecule has 2 aromatic carbocycles. The van der Waals surface area contributed by atoms with Gasteiger partial charge in [0.1, 0.15) is 6.04 Å². The summed E-state index contributed by atoms with van der Waals surface area (Å²) in [4.78, 5) is 20.4. The van der Waals surface area contributed by atoms with Crippen LogP contribution in [0.4, 0.5) is 5.69 Å². The van der Waals surface area contributed by atoms with Crippen LogP contribution in [0.5, 0.6) is 0 Å². The number of para-hydroxylation sites is 1. The molecule has 0 radical (unpaired) electrons. The summed E-state index contributed by atoms with van der Waals surface area (Å²) in [6.07, 6.45) is 3.25. The fourth-order valence-corrected chi connectivity index (χ4v) is 4.47. The summed E-state index contributed by atoms with van der Waals surface area (Å²) in [5, 5.41) is 0. The van der Waals surface area contributed by atoms with Crippen molar-refractivity contribution in [1.29, 1.82) is 0 Å². The van der Waals surface area contributed by atoms with Crippen molar-refractivity contribution in [1.82, 2.24) is 9.80 Å². The zero-order chi connectivity index (χ0) is 18.8. The number of hydrogen-bond acceptors (Lipinski definition) is 3. The molecular weight excluding hydrogens is 334 g/mol. The Morgan fingerprint density at radius 2 is 1.78 bits per heavy atom. The van der Waals surface area contributed by atoms with E-state index in [1.165, 1.54) is 17.7 Å². The molecule has 0 N–H and O–H groups in total. The third kappa shape index (κ3) is 3.59. The minimum atomic E-state index is -0.240. The molecule has 1 fully saturated rings. The van der Waals surface area contributed by atoms with Crippen LogP contribution in [-0.4, -0.2) is 55.5 Å². The lowest BCUT2D eigenvalue weighted by molar-refractivity contribution is -0.134. The number of piperidine rings is 1. The Morgan fingerprint density at radius 1 is 1.04 bits per heavy atom. The van der Waals surface area contributed by atoms with E-state index in [2.05, 4.69) is 65.2 Å². The number of nitrogens with zero attached hydrogens (tertiary/aromatic N) is 3. The molecule has 2 heterocycles. The lowest BCUT2D eigenvalue weighted by atomic mass is 9.99. The Balaban J connectivity index is 1.66. The van der Waals surface area contributed by atoms with E-state index in [9.17, 15) is 4.79 Å². The van der Waals surface area contributed by atoms with Gasteiger partial charge in [0, 0.05) is 31.4 Å². The second kappa shape index (κ2) is 7.73. The molecular formula is C23H29N3O. The van der Waals surface area contributed by atoms with E-state index in [0.717, 1.165) is 38.0 Å². The molecule has 2 aromatic rings. The van der Waals surface area contributed by atoms with E-state index >= 15 is 0 Å². The summed E-state index contributed by atoms with van der Waals surface area (Å²) in [7, 11) is 4.23. The first-order chi connectivity index (χ1) is 13.1. The van der Waals surface area contributed by atoms with E-state index in [1.807, 2.05) is 18.2 Å². The summed E-state index contributed by atoms with van der Waals surface area (Å²) in [6, 6.07) is 19.0. The van der Waals surface area contributed by atoms with Gasteiger partial charge in [-0.15, -0.1) is 0 Å². The topological polar surface area (TPSA) is 26.8 Å². The monoisotopic (exact) mass is 363 g/mol. The lowest BCUT2D eigenvalue weighted by Gasteiger charge is -2.40. The molecule has 142 valence electrons. The number of anilines is 1. The fourth-order valence-electron chi connectivity index (χ4n) is 4.47. The summed E-state index contributed by atoms with van der Waals surface area (Å²) in [5.74, 6) is 0.240. The number of amides is 1. The van der Waals surface area contributed by atoms with Crippen molar-refractivity contribution < 1.29 is 4.79 Å². The van der Waals surface area contributed by atoms with Crippen LogP contribution in [-0.2, 0) is 11.2 Å². The minimum absolute atomic E-state index is 0.240. The summed E-state index contributed by atoms with van der Waals surface area (Å²) >= 11 is 0. The van der Waals surface area contributed by atoms with Crippen LogP contribution in [0.1, 0.15) is 30.0 Å². The molecule has 27 heavy (non-hydrogen) atoms. The molecule has 1 amide bonds. The summed E-state index contributed by atoms with van der Waals surface area (Å²) in [5.41, 5.74) is 3.64. The van der Waals surface area contributed by atoms with Crippen molar-refractivity contribution in [2.45, 2.75) is 31.3 Å². The molecule has 2 aliphatic heterocycles. The molecule has 2 unspecified atom stereocenters. The predicted molar refractivity (Wildman–Crippen MR) is 110 cm³/mol. The van der Waals surface area contributed by atoms with E-state index in [4.69, 9.17) is 0 Å². The molecule has 0 aliphatic carbocycles. The molecule has 4 heteroatoms. The molecule has 4 nitrogen and oxygen atoms in total. The first-order valence-electron chi connectivity index (χ1n) is 10.00. The quantitative estimate of drug-likeness (QED) is 0.834. The largest absolute Gasteiger partial charge is 0.355 e. The summed E-state index contributed by atoms with van der Waals surface area (Å²) in [6.45, 7) is 2.59. The Morgan fingerprint density at radius 3 is 2.56 bits per heavy atom. The molecule has 1 saturated heterocycles. The molecule has 2 atom stereocenters. The lowest BCUT2D eigenvalue weighted by Crippen LogP contribution is -2.51. The Labute approximate surface area is 162 Å². The van der Waals surface area contributed by atoms with Crippen LogP contribution in [0.3, 0.4) is 0 Å². The average molecular weight is 364 g/mol. The van der Waals surface area contributed by atoms with Crippen LogP contribution >= 0.6 is 0 Å². The molecule has 2 aliphatic rings. The first kappa shape index (κ1) is 18.1. The van der Waals surface area contributed by atoms with E-state index in [1.54, 1.807) is 0 Å². The fraction of sp³-hybridized carbons (Fsp3) is 0.435. The molecule has 0 spiro atoms. The van der Waals surface area contributed by atoms with Gasteiger partial charge >= 0.3 is 0 Å². The van der Waals surface area contributed by atoms with Gasteiger partial charge in [-0.05, 0) is 50.6 Å². The van der Waals surface area contributed by atoms with Gasteiger partial charge in [-0.2, -0.15) is 0 Å². The molecule has 0 bridgehead atoms. The van der Waals surface area contributed by atoms with Crippen LogP contribution in [0.15, 0.2) is 54.6 Å². The maximum atomic E-state index is 13.7. The van der Waals surface area contributed by atoms with Gasteiger partial charge in [-0.1, -0.05) is 48.5 Å². The Bertz CT molecular complexity index is 789. The molecule has 0 saturated carbocycles. The maximum Gasteiger partial charge on any atom is 0.249 e. The van der Waals surface area contributed by atoms with Gasteiger partial charge in [0.2, 0.25) is 5.91 Å². The van der Waals surface area contributed by atoms with Gasteiger partial charge in [-0.3, -0.25) is 4.79 Å². The highest BCUT2D eigenvalue weighted by Crippen LogP contribution is 2.36. The van der Waals surface area contributed by atoms with Crippen molar-refractivity contribution in [2.24, 2.45) is 0 Å². The van der Waals surface area contributed by atoms with Crippen LogP contribution in [0.2, 0.25) is 0 Å². The average Bonchev–Trinajstić information content (AvgIpc) is 3.13. The van der Waals surface area contributed by atoms with Crippen molar-refractivity contribution in [3.05, 3.63) is 65.7 Å². The number of rotatable bonds is 4. The molecule has 4 rings (SSSR count). The van der Waals surface area contributed by atoms with Crippen LogP contribution in [0.25, 0.3) is 0 Å². The third-order valence-corrected chi connectivity index (χ3v) is 6.02. The second-order valence-electron chi connectivity index (χ2n) is 7.93. The van der Waals surface area contributed by atoms with E-state index < -0.39 is 0 Å². The van der Waals surface area contributed by atoms with Crippen molar-refractivity contribution in [3.8, 4) is 0 Å². The van der Waals surface area contributed by atoms with Gasteiger partial charge in [-0.25, -0.2) is 0 Å². The first-order valence-corrected chi connectivity index (χ1v) is 10.00. The standard InChI is InChI=1S/C23H29N3O/c1-24(2)20-12-8-15-25(17-20)23(27)22(19-10-4-3-5-11-19)26-16-14-18-9-6-7-13-21(18)26/h3-7,9-11,13,20,22H,8,12,14-17H2,1-2H3. The molecule has 0 aromatic heterocycles. The zero-order valence-electron chi connectivity index (χ0n) is 16.3. The summed E-state index contributed by atoms with van der Waals surface area (Å²) < 4.78 is 0. The minimum Gasteiger partial charge on any atom is -0.355 e. The third-order valence-electron chi connectivity index (χ3n) is 6.02. The zero-order valence-corrected chi connectivity index (χ0v) is 16.3. The Kier molecular flexibility index (Phi) is 5.17. The van der Waals surface area contributed by atoms with Crippen molar-refractivity contribution in [2.75, 3.05) is 38.6 Å². The van der Waals surface area contributed by atoms with Gasteiger partial charge in [0.25, 0.3) is 0 Å². The highest BCUT2D eigenvalue weighted by atomic mass is 16.2. The van der Waals surface area contributed by atoms with Gasteiger partial charge in [0.05, 0.1) is 0 Å². The SMILES string of the molecule is CN(C)C1CCCN(C(=O)C(c2ccccc2)N2CCc3ccccc32)C1. The van der Waals surface area contributed by atoms with Crippen LogP contribution < -0.4 is 4.90 Å². The number of carbonyl (C=O) groups excluding carboxylic acids is 1. The van der Waals surface area contributed by atoms with Gasteiger partial charge in [0.15, 0.2) is 0 Å². The number of likely N-dealkylation sites (N-methyl/N-ethyl adjacent to an activating group) is 1. The maximum absolute atomic E-state index is 13.7. The number of fused-ring (bicyclic) bond motifs is 1. The normalized spacial score (nSPS) is 20.6. The highest BCUT2D eigenvalue weighted by molar-refractivity contribution is 5.87. The Hall–Kier alpha value is -2.33. The van der Waals surface area contributed by atoms with Gasteiger partial charge < -0.3 is 14.7 Å².